The second-order valence-electron chi connectivity index (χ2n) is 6.05. The minimum atomic E-state index is -0.0653. The number of hydrogen-bond acceptors (Lipinski definition) is 4. The first-order valence-electron chi connectivity index (χ1n) is 8.37. The number of urea groups is 1. The van der Waals surface area contributed by atoms with Gasteiger partial charge in [-0.3, -0.25) is 4.68 Å². The van der Waals surface area contributed by atoms with Gasteiger partial charge in [0.2, 0.25) is 0 Å². The Morgan fingerprint density at radius 1 is 1.33 bits per heavy atom. The van der Waals surface area contributed by atoms with E-state index >= 15 is 0 Å². The van der Waals surface area contributed by atoms with Gasteiger partial charge in [-0.15, -0.1) is 5.10 Å². The molecule has 7 heteroatoms. The van der Waals surface area contributed by atoms with Crippen LogP contribution in [0, 0.1) is 5.92 Å². The van der Waals surface area contributed by atoms with Crippen LogP contribution in [-0.2, 0) is 6.54 Å². The van der Waals surface area contributed by atoms with E-state index in [1.54, 1.807) is 15.8 Å². The first kappa shape index (κ1) is 16.3. The molecule has 3 rings (SSSR count). The number of rotatable bonds is 7. The normalized spacial score (nSPS) is 14.3. The molecule has 0 spiro atoms. The zero-order chi connectivity index (χ0) is 16.8. The Morgan fingerprint density at radius 3 is 2.79 bits per heavy atom. The molecule has 0 aliphatic carbocycles. The molecule has 1 aromatic heterocycles. The highest BCUT2D eigenvalue weighted by molar-refractivity contribution is 5.89. The number of carbonyl (C=O) groups excluding carboxylic acids is 1. The zero-order valence-corrected chi connectivity index (χ0v) is 13.9. The summed E-state index contributed by atoms with van der Waals surface area (Å²) in [6.45, 7) is 5.14. The van der Waals surface area contributed by atoms with E-state index < -0.39 is 0 Å². The topological polar surface area (TPSA) is 72.3 Å². The van der Waals surface area contributed by atoms with Crippen LogP contribution < -0.4 is 10.1 Å². The lowest BCUT2D eigenvalue weighted by molar-refractivity contribution is 0.117. The van der Waals surface area contributed by atoms with Crippen molar-refractivity contribution >= 4 is 11.7 Å². The molecule has 0 radical (unpaired) electrons. The number of benzene rings is 1. The molecule has 1 aromatic carbocycles. The van der Waals surface area contributed by atoms with Crippen molar-refractivity contribution in [1.29, 1.82) is 0 Å². The SMILES string of the molecule is CCCCOc1ccc(NC(=O)N2CC(Cn3ccnn3)C2)cc1. The van der Waals surface area contributed by atoms with Crippen LogP contribution in [0.1, 0.15) is 19.8 Å². The molecule has 1 N–H and O–H groups in total. The lowest BCUT2D eigenvalue weighted by atomic mass is 10.0. The fourth-order valence-corrected chi connectivity index (χ4v) is 2.62. The van der Waals surface area contributed by atoms with Gasteiger partial charge >= 0.3 is 6.03 Å². The highest BCUT2D eigenvalue weighted by Gasteiger charge is 2.31. The Bertz CT molecular complexity index is 636. The van der Waals surface area contributed by atoms with Crippen LogP contribution in [-0.4, -0.2) is 45.6 Å². The number of aromatic nitrogens is 3. The molecule has 0 atom stereocenters. The van der Waals surface area contributed by atoms with E-state index in [0.717, 1.165) is 50.5 Å². The number of nitrogens with one attached hydrogen (secondary N) is 1. The van der Waals surface area contributed by atoms with Gasteiger partial charge in [0.15, 0.2) is 0 Å². The summed E-state index contributed by atoms with van der Waals surface area (Å²) in [7, 11) is 0. The van der Waals surface area contributed by atoms with Gasteiger partial charge in [-0.25, -0.2) is 4.79 Å². The van der Waals surface area contributed by atoms with Gasteiger partial charge in [0.25, 0.3) is 0 Å². The third-order valence-electron chi connectivity index (χ3n) is 4.03. The minimum Gasteiger partial charge on any atom is -0.494 e. The molecule has 1 saturated heterocycles. The van der Waals surface area contributed by atoms with Crippen molar-refractivity contribution in [3.05, 3.63) is 36.7 Å². The molecule has 1 fully saturated rings. The Kier molecular flexibility index (Phi) is 5.30. The Morgan fingerprint density at radius 2 is 2.12 bits per heavy atom. The largest absolute Gasteiger partial charge is 0.494 e. The molecule has 1 aliphatic heterocycles. The van der Waals surface area contributed by atoms with Crippen LogP contribution >= 0.6 is 0 Å². The fraction of sp³-hybridized carbons (Fsp3) is 0.471. The standard InChI is InChI=1S/C17H23N5O2/c1-2-3-10-24-16-6-4-15(5-7-16)19-17(23)21-11-14(12-21)13-22-9-8-18-20-22/h4-9,14H,2-3,10-13H2,1H3,(H,19,23). The van der Waals surface area contributed by atoms with Gasteiger partial charge in [-0.05, 0) is 30.7 Å². The molecule has 2 aromatic rings. The predicted octanol–water partition coefficient (Wildman–Crippen LogP) is 2.62. The Labute approximate surface area is 141 Å². The average Bonchev–Trinajstić information content (AvgIpc) is 3.05. The highest BCUT2D eigenvalue weighted by Crippen LogP contribution is 2.20. The molecule has 7 nitrogen and oxygen atoms in total. The van der Waals surface area contributed by atoms with Crippen molar-refractivity contribution in [2.75, 3.05) is 25.0 Å². The maximum Gasteiger partial charge on any atom is 0.321 e. The van der Waals surface area contributed by atoms with E-state index in [-0.39, 0.29) is 6.03 Å². The summed E-state index contributed by atoms with van der Waals surface area (Å²) in [4.78, 5) is 14.0. The van der Waals surface area contributed by atoms with Crippen LogP contribution in [0.5, 0.6) is 5.75 Å². The lowest BCUT2D eigenvalue weighted by Crippen LogP contribution is -2.52. The highest BCUT2D eigenvalue weighted by atomic mass is 16.5. The molecule has 2 amide bonds. The predicted molar refractivity (Wildman–Crippen MR) is 90.9 cm³/mol. The number of unbranched alkanes of at least 4 members (excludes halogenated alkanes) is 1. The molecule has 128 valence electrons. The van der Waals surface area contributed by atoms with Crippen LogP contribution in [0.4, 0.5) is 10.5 Å². The van der Waals surface area contributed by atoms with E-state index in [1.807, 2.05) is 30.5 Å². The van der Waals surface area contributed by atoms with Gasteiger partial charge in [0.1, 0.15) is 5.75 Å². The van der Waals surface area contributed by atoms with Gasteiger partial charge in [0.05, 0.1) is 12.8 Å². The number of carbonyl (C=O) groups is 1. The van der Waals surface area contributed by atoms with Crippen molar-refractivity contribution in [3.63, 3.8) is 0 Å². The van der Waals surface area contributed by atoms with Gasteiger partial charge in [0, 0.05) is 37.4 Å². The average molecular weight is 329 g/mol. The van der Waals surface area contributed by atoms with Crippen LogP contribution in [0.3, 0.4) is 0 Å². The molecule has 2 heterocycles. The third-order valence-corrected chi connectivity index (χ3v) is 4.03. The minimum absolute atomic E-state index is 0.0653. The maximum absolute atomic E-state index is 12.2. The summed E-state index contributed by atoms with van der Waals surface area (Å²) in [6.07, 6.45) is 5.66. The van der Waals surface area contributed by atoms with E-state index in [2.05, 4.69) is 22.6 Å². The smallest absolute Gasteiger partial charge is 0.321 e. The molecule has 24 heavy (non-hydrogen) atoms. The van der Waals surface area contributed by atoms with E-state index in [4.69, 9.17) is 4.74 Å². The molecular formula is C17H23N5O2. The lowest BCUT2D eigenvalue weighted by Gasteiger charge is -2.38. The summed E-state index contributed by atoms with van der Waals surface area (Å²) in [5.74, 6) is 1.27. The van der Waals surface area contributed by atoms with Crippen LogP contribution in [0.2, 0.25) is 0 Å². The van der Waals surface area contributed by atoms with Crippen LogP contribution in [0.15, 0.2) is 36.7 Å². The summed E-state index contributed by atoms with van der Waals surface area (Å²) in [5.41, 5.74) is 0.780. The van der Waals surface area contributed by atoms with E-state index in [1.165, 1.54) is 0 Å². The summed E-state index contributed by atoms with van der Waals surface area (Å²) in [6, 6.07) is 7.44. The third kappa shape index (κ3) is 4.24. The summed E-state index contributed by atoms with van der Waals surface area (Å²) < 4.78 is 7.42. The zero-order valence-electron chi connectivity index (χ0n) is 13.9. The van der Waals surface area contributed by atoms with Crippen molar-refractivity contribution in [3.8, 4) is 5.75 Å². The number of anilines is 1. The second-order valence-corrected chi connectivity index (χ2v) is 6.05. The molecule has 0 unspecified atom stereocenters. The second kappa shape index (κ2) is 7.81. The van der Waals surface area contributed by atoms with Gasteiger partial charge < -0.3 is 15.0 Å². The molecule has 0 saturated carbocycles. The number of nitrogens with zero attached hydrogens (tertiary/aromatic N) is 4. The quantitative estimate of drug-likeness (QED) is 0.793. The van der Waals surface area contributed by atoms with Crippen molar-refractivity contribution in [1.82, 2.24) is 19.9 Å². The molecule has 0 bridgehead atoms. The molecular weight excluding hydrogens is 306 g/mol. The van der Waals surface area contributed by atoms with E-state index in [9.17, 15) is 4.79 Å². The molecule has 1 aliphatic rings. The van der Waals surface area contributed by atoms with Crippen molar-refractivity contribution < 1.29 is 9.53 Å². The first-order valence-corrected chi connectivity index (χ1v) is 8.37. The fourth-order valence-electron chi connectivity index (χ4n) is 2.62. The Balaban J connectivity index is 1.41. The monoisotopic (exact) mass is 329 g/mol. The van der Waals surface area contributed by atoms with E-state index in [0.29, 0.717) is 5.92 Å². The summed E-state index contributed by atoms with van der Waals surface area (Å²) >= 11 is 0. The number of likely N-dealkylation sites (tertiary alicyclic amines) is 1. The summed E-state index contributed by atoms with van der Waals surface area (Å²) in [5, 5.41) is 10.6. The van der Waals surface area contributed by atoms with Crippen LogP contribution in [0.25, 0.3) is 0 Å². The first-order chi connectivity index (χ1) is 11.7. The number of amides is 2. The van der Waals surface area contributed by atoms with Gasteiger partial charge in [-0.1, -0.05) is 18.6 Å². The Hall–Kier alpha value is -2.57. The van der Waals surface area contributed by atoms with Crippen molar-refractivity contribution in [2.45, 2.75) is 26.3 Å². The van der Waals surface area contributed by atoms with Crippen molar-refractivity contribution in [2.24, 2.45) is 5.92 Å². The number of hydrogen-bond donors (Lipinski definition) is 1. The maximum atomic E-state index is 12.2. The van der Waals surface area contributed by atoms with Gasteiger partial charge in [-0.2, -0.15) is 0 Å². The number of ether oxygens (including phenoxy) is 1.